The number of carbonyl (C=O) groups excluding carboxylic acids is 2. The fourth-order valence-electron chi connectivity index (χ4n) is 5.68. The number of hydrogen-bond acceptors (Lipinski definition) is 5. The Morgan fingerprint density at radius 3 is 2.29 bits per heavy atom. The van der Waals surface area contributed by atoms with Gasteiger partial charge in [-0.05, 0) is 35.1 Å². The lowest BCUT2D eigenvalue weighted by molar-refractivity contribution is -0.159. The second kappa shape index (κ2) is 9.70. The predicted molar refractivity (Wildman–Crippen MR) is 128 cm³/mol. The zero-order valence-corrected chi connectivity index (χ0v) is 19.6. The van der Waals surface area contributed by atoms with E-state index in [4.69, 9.17) is 9.47 Å². The van der Waals surface area contributed by atoms with Gasteiger partial charge in [-0.1, -0.05) is 61.4 Å². The second-order valence-corrected chi connectivity index (χ2v) is 9.65. The topological polar surface area (TPSA) is 105 Å². The van der Waals surface area contributed by atoms with Gasteiger partial charge in [-0.15, -0.1) is 0 Å². The van der Waals surface area contributed by atoms with E-state index in [1.54, 1.807) is 0 Å². The van der Waals surface area contributed by atoms with Crippen molar-refractivity contribution >= 4 is 18.0 Å². The number of carboxylic acid groups (broad SMARTS) is 1. The summed E-state index contributed by atoms with van der Waals surface area (Å²) in [4.78, 5) is 38.8. The molecule has 1 unspecified atom stereocenters. The van der Waals surface area contributed by atoms with Gasteiger partial charge in [0.1, 0.15) is 6.61 Å². The number of nitrogens with zero attached hydrogens (tertiary/aromatic N) is 1. The summed E-state index contributed by atoms with van der Waals surface area (Å²) in [6, 6.07) is 16.4. The molecule has 1 atom stereocenters. The van der Waals surface area contributed by atoms with Gasteiger partial charge in [0.2, 0.25) is 5.91 Å². The van der Waals surface area contributed by atoms with Crippen LogP contribution < -0.4 is 5.32 Å². The van der Waals surface area contributed by atoms with E-state index in [1.165, 1.54) is 16.0 Å². The Hall–Kier alpha value is -3.39. The van der Waals surface area contributed by atoms with E-state index in [0.29, 0.717) is 19.4 Å². The van der Waals surface area contributed by atoms with Gasteiger partial charge in [0.05, 0.1) is 25.1 Å². The molecule has 1 heterocycles. The molecule has 5 rings (SSSR count). The normalized spacial score (nSPS) is 20.7. The minimum atomic E-state index is -1.07. The van der Waals surface area contributed by atoms with Gasteiger partial charge in [-0.25, -0.2) is 9.59 Å². The molecule has 35 heavy (non-hydrogen) atoms. The number of nitrogens with one attached hydrogen (secondary N) is 1. The lowest BCUT2D eigenvalue weighted by Crippen LogP contribution is -2.53. The SMILES string of the molecule is O=C(NC1(CC(=O)N2CCOC(C(=O)O)C2)CCCC1)OCC1c2ccccc2-c2ccccc21. The van der Waals surface area contributed by atoms with Gasteiger partial charge in [0, 0.05) is 12.5 Å². The molecule has 2 fully saturated rings. The molecule has 0 bridgehead atoms. The number of ether oxygens (including phenoxy) is 2. The number of alkyl carbamates (subject to hydrolysis) is 1. The highest BCUT2D eigenvalue weighted by Crippen LogP contribution is 2.44. The zero-order chi connectivity index (χ0) is 24.4. The van der Waals surface area contributed by atoms with Crippen LogP contribution in [0.3, 0.4) is 0 Å². The number of benzene rings is 2. The average Bonchev–Trinajstić information content (AvgIpc) is 3.45. The van der Waals surface area contributed by atoms with E-state index in [0.717, 1.165) is 24.0 Å². The highest BCUT2D eigenvalue weighted by atomic mass is 16.5. The number of amides is 2. The first kappa shape index (κ1) is 23.4. The highest BCUT2D eigenvalue weighted by Gasteiger charge is 2.40. The first-order valence-electron chi connectivity index (χ1n) is 12.2. The van der Waals surface area contributed by atoms with Crippen LogP contribution in [0.25, 0.3) is 11.1 Å². The molecule has 0 aromatic heterocycles. The largest absolute Gasteiger partial charge is 0.479 e. The number of carbonyl (C=O) groups is 3. The zero-order valence-electron chi connectivity index (χ0n) is 19.6. The summed E-state index contributed by atoms with van der Waals surface area (Å²) in [7, 11) is 0. The molecule has 0 spiro atoms. The number of fused-ring (bicyclic) bond motifs is 3. The standard InChI is InChI=1S/C27H30N2O6/c30-24(29-13-14-34-23(16-29)25(31)32)15-27(11-5-6-12-27)28-26(33)35-17-22-20-9-3-1-7-18(20)19-8-2-4-10-21(19)22/h1-4,7-10,22-23H,5-6,11-17H2,(H,28,33)(H,31,32). The predicted octanol–water partition coefficient (Wildman–Crippen LogP) is 3.54. The molecule has 1 aliphatic heterocycles. The van der Waals surface area contributed by atoms with Crippen molar-refractivity contribution in [2.24, 2.45) is 0 Å². The Balaban J connectivity index is 1.23. The molecule has 8 nitrogen and oxygen atoms in total. The minimum absolute atomic E-state index is 0.0230. The van der Waals surface area contributed by atoms with E-state index in [1.807, 2.05) is 24.3 Å². The van der Waals surface area contributed by atoms with Crippen LogP contribution in [-0.2, 0) is 19.1 Å². The minimum Gasteiger partial charge on any atom is -0.479 e. The summed E-state index contributed by atoms with van der Waals surface area (Å²) in [5.41, 5.74) is 3.96. The third kappa shape index (κ3) is 4.75. The van der Waals surface area contributed by atoms with Crippen LogP contribution in [0.5, 0.6) is 0 Å². The van der Waals surface area contributed by atoms with Crippen LogP contribution in [0.1, 0.15) is 49.1 Å². The fraction of sp³-hybridized carbons (Fsp3) is 0.444. The van der Waals surface area contributed by atoms with E-state index in [-0.39, 0.29) is 38.0 Å². The molecular formula is C27H30N2O6. The first-order chi connectivity index (χ1) is 17.0. The van der Waals surface area contributed by atoms with Gasteiger partial charge in [0.15, 0.2) is 6.10 Å². The molecular weight excluding hydrogens is 448 g/mol. The van der Waals surface area contributed by atoms with Gasteiger partial charge >= 0.3 is 12.1 Å². The van der Waals surface area contributed by atoms with Crippen molar-refractivity contribution in [1.82, 2.24) is 10.2 Å². The molecule has 2 aromatic carbocycles. The molecule has 0 radical (unpaired) electrons. The summed E-state index contributed by atoms with van der Waals surface area (Å²) in [6.45, 7) is 0.780. The maximum atomic E-state index is 13.0. The molecule has 3 aliphatic rings. The molecule has 2 N–H and O–H groups in total. The first-order valence-corrected chi connectivity index (χ1v) is 12.2. The summed E-state index contributed by atoms with van der Waals surface area (Å²) in [6.07, 6.45) is 1.80. The fourth-order valence-corrected chi connectivity index (χ4v) is 5.68. The maximum absolute atomic E-state index is 13.0. The van der Waals surface area contributed by atoms with Gasteiger partial charge in [0.25, 0.3) is 0 Å². The monoisotopic (exact) mass is 478 g/mol. The molecule has 1 saturated heterocycles. The van der Waals surface area contributed by atoms with E-state index >= 15 is 0 Å². The lowest BCUT2D eigenvalue weighted by Gasteiger charge is -2.35. The van der Waals surface area contributed by atoms with Gasteiger partial charge in [-0.3, -0.25) is 4.79 Å². The molecule has 184 valence electrons. The summed E-state index contributed by atoms with van der Waals surface area (Å²) in [5.74, 6) is -1.27. The van der Waals surface area contributed by atoms with E-state index < -0.39 is 23.7 Å². The molecule has 1 saturated carbocycles. The van der Waals surface area contributed by atoms with Crippen molar-refractivity contribution in [2.45, 2.75) is 49.7 Å². The van der Waals surface area contributed by atoms with Gasteiger partial charge < -0.3 is 24.8 Å². The van der Waals surface area contributed by atoms with Crippen molar-refractivity contribution in [2.75, 3.05) is 26.3 Å². The van der Waals surface area contributed by atoms with Gasteiger partial charge in [-0.2, -0.15) is 0 Å². The molecule has 2 amide bonds. The number of rotatable bonds is 6. The third-order valence-electron chi connectivity index (χ3n) is 7.46. The summed E-state index contributed by atoms with van der Waals surface area (Å²) in [5, 5.41) is 12.2. The van der Waals surface area contributed by atoms with Crippen LogP contribution in [0.4, 0.5) is 4.79 Å². The van der Waals surface area contributed by atoms with Crippen LogP contribution in [0.2, 0.25) is 0 Å². The Labute approximate surface area is 204 Å². The number of morpholine rings is 1. The highest BCUT2D eigenvalue weighted by molar-refractivity contribution is 5.81. The maximum Gasteiger partial charge on any atom is 0.407 e. The Morgan fingerprint density at radius 2 is 1.66 bits per heavy atom. The number of carboxylic acids is 1. The molecule has 8 heteroatoms. The van der Waals surface area contributed by atoms with Crippen LogP contribution in [0.15, 0.2) is 48.5 Å². The Morgan fingerprint density at radius 1 is 1.03 bits per heavy atom. The second-order valence-electron chi connectivity index (χ2n) is 9.65. The quantitative estimate of drug-likeness (QED) is 0.658. The van der Waals surface area contributed by atoms with Crippen molar-refractivity contribution < 1.29 is 29.0 Å². The van der Waals surface area contributed by atoms with E-state index in [2.05, 4.69) is 29.6 Å². The summed E-state index contributed by atoms with van der Waals surface area (Å²) >= 11 is 0. The number of aliphatic carboxylic acids is 1. The van der Waals surface area contributed by atoms with Crippen molar-refractivity contribution in [1.29, 1.82) is 0 Å². The van der Waals surface area contributed by atoms with Crippen LogP contribution in [0, 0.1) is 0 Å². The van der Waals surface area contributed by atoms with Crippen molar-refractivity contribution in [3.8, 4) is 11.1 Å². The molecule has 2 aliphatic carbocycles. The van der Waals surface area contributed by atoms with Crippen LogP contribution in [-0.4, -0.2) is 65.9 Å². The molecule has 2 aromatic rings. The Bertz CT molecular complexity index is 1080. The van der Waals surface area contributed by atoms with Crippen LogP contribution >= 0.6 is 0 Å². The number of hydrogen-bond donors (Lipinski definition) is 2. The smallest absolute Gasteiger partial charge is 0.407 e. The Kier molecular flexibility index (Phi) is 6.47. The summed E-state index contributed by atoms with van der Waals surface area (Å²) < 4.78 is 11.0. The van der Waals surface area contributed by atoms with Crippen molar-refractivity contribution in [3.63, 3.8) is 0 Å². The lowest BCUT2D eigenvalue weighted by atomic mass is 9.92. The van der Waals surface area contributed by atoms with Crippen molar-refractivity contribution in [3.05, 3.63) is 59.7 Å². The average molecular weight is 479 g/mol. The third-order valence-corrected chi connectivity index (χ3v) is 7.46. The van der Waals surface area contributed by atoms with E-state index in [9.17, 15) is 19.5 Å².